The Labute approximate surface area is 223 Å². The van der Waals surface area contributed by atoms with Crippen molar-refractivity contribution in [3.8, 4) is 0 Å². The average Bonchev–Trinajstić information content (AvgIpc) is 2.87. The van der Waals surface area contributed by atoms with Crippen molar-refractivity contribution in [2.45, 2.75) is 53.1 Å². The highest BCUT2D eigenvalue weighted by Gasteiger charge is 2.04. The highest BCUT2D eigenvalue weighted by atomic mass is 14.9. The molecule has 0 bridgehead atoms. The molecule has 4 aromatic carbocycles. The van der Waals surface area contributed by atoms with Crippen LogP contribution in [0.3, 0.4) is 0 Å². The second kappa shape index (κ2) is 14.6. The molecule has 0 aliphatic heterocycles. The summed E-state index contributed by atoms with van der Waals surface area (Å²) < 4.78 is 0. The Morgan fingerprint density at radius 3 is 1.16 bits per heavy atom. The molecule has 0 aliphatic rings. The van der Waals surface area contributed by atoms with Gasteiger partial charge in [-0.25, -0.2) is 0 Å². The summed E-state index contributed by atoms with van der Waals surface area (Å²) in [5.74, 6) is 0.719. The lowest BCUT2D eigenvalue weighted by molar-refractivity contribution is 0.540. The summed E-state index contributed by atoms with van der Waals surface area (Å²) in [7, 11) is 0. The molecule has 0 radical (unpaired) electrons. The predicted octanol–water partition coefficient (Wildman–Crippen LogP) is 9.53. The largest absolute Gasteiger partial charge is 0.383 e. The third-order valence-corrected chi connectivity index (χ3v) is 5.59. The van der Waals surface area contributed by atoms with Gasteiger partial charge >= 0.3 is 0 Å². The third-order valence-electron chi connectivity index (χ3n) is 5.59. The molecular formula is C33H42N4. The van der Waals surface area contributed by atoms with Crippen LogP contribution < -0.4 is 21.3 Å². The summed E-state index contributed by atoms with van der Waals surface area (Å²) in [5.41, 5.74) is 6.76. The second-order valence-electron chi connectivity index (χ2n) is 10.1. The topological polar surface area (TPSA) is 48.1 Å². The Bertz CT molecular complexity index is 1140. The van der Waals surface area contributed by atoms with Gasteiger partial charge in [-0.1, -0.05) is 50.2 Å². The first kappa shape index (κ1) is 27.7. The lowest BCUT2D eigenvalue weighted by Gasteiger charge is -2.17. The average molecular weight is 495 g/mol. The first-order valence-electron chi connectivity index (χ1n) is 13.2. The first-order chi connectivity index (χ1) is 17.9. The van der Waals surface area contributed by atoms with E-state index in [2.05, 4.69) is 129 Å². The lowest BCUT2D eigenvalue weighted by atomic mass is 10.1. The molecule has 0 spiro atoms. The van der Waals surface area contributed by atoms with Crippen molar-refractivity contribution in [2.75, 3.05) is 21.3 Å². The van der Waals surface area contributed by atoms with Crippen LogP contribution in [0.5, 0.6) is 0 Å². The molecule has 4 rings (SSSR count). The van der Waals surface area contributed by atoms with E-state index in [-0.39, 0.29) is 0 Å². The molecular weight excluding hydrogens is 452 g/mol. The normalized spacial score (nSPS) is 11.3. The van der Waals surface area contributed by atoms with E-state index in [1.807, 2.05) is 36.4 Å². The van der Waals surface area contributed by atoms with Crippen LogP contribution in [0.4, 0.5) is 34.1 Å². The van der Waals surface area contributed by atoms with Gasteiger partial charge in [0.2, 0.25) is 0 Å². The van der Waals surface area contributed by atoms with Gasteiger partial charge in [0.25, 0.3) is 0 Å². The van der Waals surface area contributed by atoms with Gasteiger partial charge in [-0.3, -0.25) is 0 Å². The van der Waals surface area contributed by atoms with Gasteiger partial charge in [-0.2, -0.15) is 0 Å². The summed E-state index contributed by atoms with van der Waals surface area (Å²) >= 11 is 0. The molecule has 4 aromatic rings. The molecule has 0 fully saturated rings. The minimum absolute atomic E-state index is 0.461. The number of hydrogen-bond acceptors (Lipinski definition) is 4. The highest BCUT2D eigenvalue weighted by molar-refractivity contribution is 5.63. The fourth-order valence-corrected chi connectivity index (χ4v) is 4.06. The molecule has 1 atom stereocenters. The van der Waals surface area contributed by atoms with Gasteiger partial charge in [-0.05, 0) is 106 Å². The minimum atomic E-state index is 0.461. The summed E-state index contributed by atoms with van der Waals surface area (Å²) in [5, 5.41) is 13.7. The Hall–Kier alpha value is -3.92. The number of para-hydroxylation sites is 2. The van der Waals surface area contributed by atoms with E-state index in [4.69, 9.17) is 0 Å². The maximum Gasteiger partial charge on any atom is 0.0385 e. The molecule has 0 saturated heterocycles. The SMILES string of the molecule is CC(C)CC(C)Nc1ccc(Nc2ccccc2)cc1.CC(C)Nc1ccc(Nc2ccccc2)cc1. The van der Waals surface area contributed by atoms with Crippen LogP contribution in [0.15, 0.2) is 109 Å². The molecule has 4 nitrogen and oxygen atoms in total. The summed E-state index contributed by atoms with van der Waals surface area (Å²) in [6.45, 7) is 11.0. The Morgan fingerprint density at radius 1 is 0.432 bits per heavy atom. The van der Waals surface area contributed by atoms with Gasteiger partial charge in [0, 0.05) is 46.2 Å². The van der Waals surface area contributed by atoms with Gasteiger partial charge in [0.05, 0.1) is 0 Å². The Balaban J connectivity index is 0.000000208. The van der Waals surface area contributed by atoms with Gasteiger partial charge < -0.3 is 21.3 Å². The second-order valence-corrected chi connectivity index (χ2v) is 10.1. The molecule has 4 heteroatoms. The van der Waals surface area contributed by atoms with Crippen molar-refractivity contribution < 1.29 is 0 Å². The fourth-order valence-electron chi connectivity index (χ4n) is 4.06. The maximum atomic E-state index is 3.54. The van der Waals surface area contributed by atoms with Gasteiger partial charge in [0.1, 0.15) is 0 Å². The van der Waals surface area contributed by atoms with E-state index in [9.17, 15) is 0 Å². The highest BCUT2D eigenvalue weighted by Crippen LogP contribution is 2.20. The maximum absolute atomic E-state index is 3.54. The smallest absolute Gasteiger partial charge is 0.0385 e. The molecule has 1 unspecified atom stereocenters. The van der Waals surface area contributed by atoms with Crippen molar-refractivity contribution in [3.05, 3.63) is 109 Å². The van der Waals surface area contributed by atoms with Crippen molar-refractivity contribution in [2.24, 2.45) is 5.92 Å². The number of rotatable bonds is 10. The molecule has 0 heterocycles. The van der Waals surface area contributed by atoms with Gasteiger partial charge in [0.15, 0.2) is 0 Å². The van der Waals surface area contributed by atoms with Crippen LogP contribution in [0, 0.1) is 5.92 Å². The predicted molar refractivity (Wildman–Crippen MR) is 164 cm³/mol. The number of benzene rings is 4. The summed E-state index contributed by atoms with van der Waals surface area (Å²) in [4.78, 5) is 0. The van der Waals surface area contributed by atoms with E-state index in [1.54, 1.807) is 0 Å². The van der Waals surface area contributed by atoms with Crippen LogP contribution in [0.1, 0.15) is 41.0 Å². The summed E-state index contributed by atoms with van der Waals surface area (Å²) in [6, 6.07) is 38.2. The van der Waals surface area contributed by atoms with E-state index < -0.39 is 0 Å². The lowest BCUT2D eigenvalue weighted by Crippen LogP contribution is -2.17. The fraction of sp³-hybridized carbons (Fsp3) is 0.273. The van der Waals surface area contributed by atoms with Crippen molar-refractivity contribution in [3.63, 3.8) is 0 Å². The van der Waals surface area contributed by atoms with Crippen LogP contribution in [0.25, 0.3) is 0 Å². The van der Waals surface area contributed by atoms with E-state index in [1.165, 1.54) is 12.1 Å². The van der Waals surface area contributed by atoms with E-state index >= 15 is 0 Å². The minimum Gasteiger partial charge on any atom is -0.383 e. The standard InChI is InChI=1S/C18H24N2.C15H18N2/c1-14(2)13-15(3)19-17-9-11-18(12-10-17)20-16-7-5-4-6-8-16;1-12(2)16-14-8-10-15(11-9-14)17-13-6-4-3-5-7-13/h4-12,14-15,19-20H,13H2,1-3H3;3-12,16-17H,1-2H3. The summed E-state index contributed by atoms with van der Waals surface area (Å²) in [6.07, 6.45) is 1.18. The van der Waals surface area contributed by atoms with Crippen LogP contribution in [0.2, 0.25) is 0 Å². The molecule has 0 aromatic heterocycles. The third kappa shape index (κ3) is 10.7. The number of hydrogen-bond donors (Lipinski definition) is 4. The molecule has 0 aliphatic carbocycles. The van der Waals surface area contributed by atoms with Crippen LogP contribution in [-0.4, -0.2) is 12.1 Å². The Kier molecular flexibility index (Phi) is 10.9. The number of nitrogens with one attached hydrogen (secondary N) is 4. The van der Waals surface area contributed by atoms with E-state index in [0.29, 0.717) is 12.1 Å². The molecule has 0 amide bonds. The molecule has 4 N–H and O–H groups in total. The first-order valence-corrected chi connectivity index (χ1v) is 13.2. The van der Waals surface area contributed by atoms with E-state index in [0.717, 1.165) is 34.4 Å². The molecule has 194 valence electrons. The Morgan fingerprint density at radius 2 is 0.784 bits per heavy atom. The molecule has 0 saturated carbocycles. The quantitative estimate of drug-likeness (QED) is 0.177. The number of anilines is 6. The zero-order valence-electron chi connectivity index (χ0n) is 22.8. The zero-order chi connectivity index (χ0) is 26.5. The monoisotopic (exact) mass is 494 g/mol. The van der Waals surface area contributed by atoms with Crippen LogP contribution >= 0.6 is 0 Å². The van der Waals surface area contributed by atoms with Crippen molar-refractivity contribution >= 4 is 34.1 Å². The molecule has 37 heavy (non-hydrogen) atoms. The van der Waals surface area contributed by atoms with Gasteiger partial charge in [-0.15, -0.1) is 0 Å². The zero-order valence-corrected chi connectivity index (χ0v) is 22.8. The van der Waals surface area contributed by atoms with Crippen molar-refractivity contribution in [1.29, 1.82) is 0 Å². The van der Waals surface area contributed by atoms with Crippen LogP contribution in [-0.2, 0) is 0 Å². The van der Waals surface area contributed by atoms with Crippen molar-refractivity contribution in [1.82, 2.24) is 0 Å².